The summed E-state index contributed by atoms with van der Waals surface area (Å²) in [6.07, 6.45) is 11.1. The molecule has 0 saturated heterocycles. The molecule has 18 heavy (non-hydrogen) atoms. The first-order valence-corrected chi connectivity index (χ1v) is 8.42. The third-order valence-electron chi connectivity index (χ3n) is 3.93. The fourth-order valence-corrected chi connectivity index (χ4v) is 3.95. The Morgan fingerprint density at radius 1 is 1.06 bits per heavy atom. The maximum Gasteiger partial charge on any atom is 0.0406 e. The summed E-state index contributed by atoms with van der Waals surface area (Å²) in [5.41, 5.74) is 1.38. The molecule has 2 rings (SSSR count). The zero-order valence-corrected chi connectivity index (χ0v) is 13.2. The monoisotopic (exact) mass is 328 g/mol. The molecule has 1 unspecified atom stereocenters. The maximum absolute atomic E-state index is 5.91. The fourth-order valence-electron chi connectivity index (χ4n) is 2.92. The van der Waals surface area contributed by atoms with Crippen molar-refractivity contribution in [3.05, 3.63) is 34.9 Å². The summed E-state index contributed by atoms with van der Waals surface area (Å²) in [5, 5.41) is 0.827. The maximum atomic E-state index is 5.91. The van der Waals surface area contributed by atoms with E-state index in [1.165, 1.54) is 50.5 Å². The Kier molecular flexibility index (Phi) is 6.04. The van der Waals surface area contributed by atoms with E-state index in [0.29, 0.717) is 4.83 Å². The van der Waals surface area contributed by atoms with Gasteiger partial charge >= 0.3 is 0 Å². The molecular formula is C16H22BrCl. The molecular weight excluding hydrogens is 308 g/mol. The molecule has 0 spiro atoms. The summed E-state index contributed by atoms with van der Waals surface area (Å²) in [6.45, 7) is 0. The average molecular weight is 330 g/mol. The molecule has 0 bridgehead atoms. The SMILES string of the molecule is Clc1ccc(CC(Br)CC2CCCCCC2)cc1. The van der Waals surface area contributed by atoms with E-state index in [-0.39, 0.29) is 0 Å². The van der Waals surface area contributed by atoms with Crippen LogP contribution in [0.2, 0.25) is 5.02 Å². The first-order valence-electron chi connectivity index (χ1n) is 7.12. The normalized spacial score (nSPS) is 19.4. The Bertz CT molecular complexity index is 339. The molecule has 0 aliphatic heterocycles. The molecule has 1 aromatic carbocycles. The van der Waals surface area contributed by atoms with E-state index in [1.54, 1.807) is 0 Å². The largest absolute Gasteiger partial charge is 0.0887 e. The van der Waals surface area contributed by atoms with Gasteiger partial charge in [-0.25, -0.2) is 0 Å². The fraction of sp³-hybridized carbons (Fsp3) is 0.625. The Hall–Kier alpha value is -0.0100. The molecule has 0 N–H and O–H groups in total. The van der Waals surface area contributed by atoms with Crippen molar-refractivity contribution in [3.8, 4) is 0 Å². The van der Waals surface area contributed by atoms with Crippen LogP contribution in [0.1, 0.15) is 50.5 Å². The van der Waals surface area contributed by atoms with Gasteiger partial charge in [0.2, 0.25) is 0 Å². The molecule has 0 nitrogen and oxygen atoms in total. The lowest BCUT2D eigenvalue weighted by molar-refractivity contribution is 0.423. The lowest BCUT2D eigenvalue weighted by Gasteiger charge is -2.18. The van der Waals surface area contributed by atoms with Gasteiger partial charge in [-0.1, -0.05) is 78.2 Å². The molecule has 1 fully saturated rings. The minimum Gasteiger partial charge on any atom is -0.0887 e. The van der Waals surface area contributed by atoms with Gasteiger partial charge in [0.15, 0.2) is 0 Å². The van der Waals surface area contributed by atoms with Crippen molar-refractivity contribution >= 4 is 27.5 Å². The highest BCUT2D eigenvalue weighted by molar-refractivity contribution is 9.09. The highest BCUT2D eigenvalue weighted by atomic mass is 79.9. The first kappa shape index (κ1) is 14.4. The predicted octanol–water partition coefficient (Wildman–Crippen LogP) is 6.01. The van der Waals surface area contributed by atoms with Crippen molar-refractivity contribution in [3.63, 3.8) is 0 Å². The van der Waals surface area contributed by atoms with Crippen LogP contribution in [0.25, 0.3) is 0 Å². The Balaban J connectivity index is 1.80. The molecule has 0 amide bonds. The molecule has 100 valence electrons. The van der Waals surface area contributed by atoms with Crippen LogP contribution in [0, 0.1) is 5.92 Å². The van der Waals surface area contributed by atoms with E-state index in [9.17, 15) is 0 Å². The van der Waals surface area contributed by atoms with Crippen LogP contribution >= 0.6 is 27.5 Å². The summed E-state index contributed by atoms with van der Waals surface area (Å²) in [4.78, 5) is 0.613. The molecule has 0 radical (unpaired) electrons. The van der Waals surface area contributed by atoms with Gasteiger partial charge in [0.05, 0.1) is 0 Å². The lowest BCUT2D eigenvalue weighted by Crippen LogP contribution is -2.10. The van der Waals surface area contributed by atoms with Crippen molar-refractivity contribution < 1.29 is 0 Å². The Morgan fingerprint density at radius 3 is 2.28 bits per heavy atom. The topological polar surface area (TPSA) is 0 Å². The van der Waals surface area contributed by atoms with Crippen LogP contribution in [0.5, 0.6) is 0 Å². The average Bonchev–Trinajstić information content (AvgIpc) is 2.61. The van der Waals surface area contributed by atoms with Crippen LogP contribution in [0.4, 0.5) is 0 Å². The molecule has 1 atom stereocenters. The van der Waals surface area contributed by atoms with Crippen molar-refractivity contribution in [2.24, 2.45) is 5.92 Å². The third-order valence-corrected chi connectivity index (χ3v) is 4.88. The second-order valence-electron chi connectivity index (χ2n) is 5.52. The number of alkyl halides is 1. The van der Waals surface area contributed by atoms with Crippen LogP contribution < -0.4 is 0 Å². The van der Waals surface area contributed by atoms with Gasteiger partial charge in [-0.15, -0.1) is 0 Å². The number of rotatable bonds is 4. The number of benzene rings is 1. The van der Waals surface area contributed by atoms with Crippen molar-refractivity contribution in [1.82, 2.24) is 0 Å². The highest BCUT2D eigenvalue weighted by Crippen LogP contribution is 2.29. The first-order chi connectivity index (χ1) is 8.74. The van der Waals surface area contributed by atoms with Gasteiger partial charge in [-0.2, -0.15) is 0 Å². The quantitative estimate of drug-likeness (QED) is 0.469. The van der Waals surface area contributed by atoms with Gasteiger partial charge in [-0.3, -0.25) is 0 Å². The van der Waals surface area contributed by atoms with E-state index in [0.717, 1.165) is 17.4 Å². The lowest BCUT2D eigenvalue weighted by atomic mass is 9.93. The van der Waals surface area contributed by atoms with E-state index in [1.807, 2.05) is 12.1 Å². The Labute approximate surface area is 124 Å². The van der Waals surface area contributed by atoms with Crippen LogP contribution in [-0.4, -0.2) is 4.83 Å². The molecule has 0 heterocycles. The van der Waals surface area contributed by atoms with E-state index in [2.05, 4.69) is 28.1 Å². The number of hydrogen-bond acceptors (Lipinski definition) is 0. The van der Waals surface area contributed by atoms with Crippen molar-refractivity contribution in [1.29, 1.82) is 0 Å². The van der Waals surface area contributed by atoms with Crippen LogP contribution in [0.3, 0.4) is 0 Å². The number of hydrogen-bond donors (Lipinski definition) is 0. The van der Waals surface area contributed by atoms with Crippen LogP contribution in [-0.2, 0) is 6.42 Å². The summed E-state index contributed by atoms with van der Waals surface area (Å²) in [5.74, 6) is 0.934. The molecule has 2 heteroatoms. The smallest absolute Gasteiger partial charge is 0.0406 e. The standard InChI is InChI=1S/C16H22BrCl/c17-15(11-13-5-3-1-2-4-6-13)12-14-7-9-16(18)10-8-14/h7-10,13,15H,1-6,11-12H2. The van der Waals surface area contributed by atoms with Gasteiger partial charge in [0.25, 0.3) is 0 Å². The van der Waals surface area contributed by atoms with Gasteiger partial charge in [0, 0.05) is 9.85 Å². The van der Waals surface area contributed by atoms with Gasteiger partial charge < -0.3 is 0 Å². The number of halogens is 2. The van der Waals surface area contributed by atoms with E-state index >= 15 is 0 Å². The molecule has 1 aliphatic rings. The molecule has 1 aromatic rings. The molecule has 1 saturated carbocycles. The summed E-state index contributed by atoms with van der Waals surface area (Å²) < 4.78 is 0. The van der Waals surface area contributed by atoms with Crippen LogP contribution in [0.15, 0.2) is 24.3 Å². The zero-order valence-electron chi connectivity index (χ0n) is 10.9. The van der Waals surface area contributed by atoms with Gasteiger partial charge in [0.1, 0.15) is 0 Å². The second kappa shape index (κ2) is 7.55. The predicted molar refractivity (Wildman–Crippen MR) is 83.7 cm³/mol. The molecule has 0 aromatic heterocycles. The summed E-state index contributed by atoms with van der Waals surface area (Å²) in [7, 11) is 0. The van der Waals surface area contributed by atoms with Gasteiger partial charge in [-0.05, 0) is 36.5 Å². The summed E-state index contributed by atoms with van der Waals surface area (Å²) in [6, 6.07) is 8.26. The van der Waals surface area contributed by atoms with Crippen molar-refractivity contribution in [2.45, 2.75) is 56.2 Å². The highest BCUT2D eigenvalue weighted by Gasteiger charge is 2.16. The molecule has 1 aliphatic carbocycles. The minimum absolute atomic E-state index is 0.613. The van der Waals surface area contributed by atoms with E-state index in [4.69, 9.17) is 11.6 Å². The minimum atomic E-state index is 0.613. The zero-order chi connectivity index (χ0) is 12.8. The summed E-state index contributed by atoms with van der Waals surface area (Å²) >= 11 is 9.77. The second-order valence-corrected chi connectivity index (χ2v) is 7.25. The Morgan fingerprint density at radius 2 is 1.67 bits per heavy atom. The third kappa shape index (κ3) is 4.93. The van der Waals surface area contributed by atoms with E-state index < -0.39 is 0 Å². The van der Waals surface area contributed by atoms with Crippen molar-refractivity contribution in [2.75, 3.05) is 0 Å².